The average Bonchev–Trinajstić information content (AvgIpc) is 2.89. The Kier molecular flexibility index (Phi) is 3.38. The summed E-state index contributed by atoms with van der Waals surface area (Å²) in [5.41, 5.74) is 6.34. The molecular weight excluding hydrogens is 232 g/mol. The molecule has 0 heterocycles. The van der Waals surface area contributed by atoms with Gasteiger partial charge in [0.1, 0.15) is 0 Å². The maximum Gasteiger partial charge on any atom is 0.248 e. The van der Waals surface area contributed by atoms with E-state index in [1.165, 1.54) is 25.7 Å². The van der Waals surface area contributed by atoms with Gasteiger partial charge in [0.15, 0.2) is 0 Å². The van der Waals surface area contributed by atoms with Gasteiger partial charge in [0.2, 0.25) is 5.92 Å². The van der Waals surface area contributed by atoms with Crippen LogP contribution in [0.3, 0.4) is 0 Å². The van der Waals surface area contributed by atoms with Crippen LogP contribution < -0.4 is 5.73 Å². The van der Waals surface area contributed by atoms with Crippen molar-refractivity contribution in [1.82, 2.24) is 0 Å². The molecule has 3 fully saturated rings. The van der Waals surface area contributed by atoms with Crippen LogP contribution in [0.25, 0.3) is 0 Å². The number of rotatable bonds is 3. The summed E-state index contributed by atoms with van der Waals surface area (Å²) in [7, 11) is 0. The van der Waals surface area contributed by atoms with E-state index in [9.17, 15) is 8.78 Å². The van der Waals surface area contributed by atoms with Crippen LogP contribution in [0.15, 0.2) is 0 Å². The molecule has 1 nitrogen and oxygen atoms in total. The molecule has 0 amide bonds. The average molecular weight is 257 g/mol. The van der Waals surface area contributed by atoms with Gasteiger partial charge in [-0.25, -0.2) is 8.78 Å². The fourth-order valence-electron chi connectivity index (χ4n) is 4.86. The van der Waals surface area contributed by atoms with E-state index in [2.05, 4.69) is 0 Å². The van der Waals surface area contributed by atoms with Crippen molar-refractivity contribution < 1.29 is 8.78 Å². The Morgan fingerprint density at radius 1 is 1.17 bits per heavy atom. The number of nitrogens with two attached hydrogens (primary N) is 1. The highest BCUT2D eigenvalue weighted by Crippen LogP contribution is 2.50. The Labute approximate surface area is 109 Å². The van der Waals surface area contributed by atoms with Gasteiger partial charge in [-0.1, -0.05) is 6.42 Å². The van der Waals surface area contributed by atoms with Gasteiger partial charge in [0.25, 0.3) is 0 Å². The summed E-state index contributed by atoms with van der Waals surface area (Å²) in [5.74, 6) is 0.104. The van der Waals surface area contributed by atoms with E-state index in [-0.39, 0.29) is 24.8 Å². The minimum absolute atomic E-state index is 0.0848. The first-order valence-electron chi connectivity index (χ1n) is 7.67. The van der Waals surface area contributed by atoms with Crippen LogP contribution >= 0.6 is 0 Å². The molecule has 0 aromatic carbocycles. The van der Waals surface area contributed by atoms with E-state index in [0.29, 0.717) is 12.3 Å². The summed E-state index contributed by atoms with van der Waals surface area (Å²) in [4.78, 5) is 0. The van der Waals surface area contributed by atoms with E-state index >= 15 is 0 Å². The first-order chi connectivity index (χ1) is 8.53. The predicted molar refractivity (Wildman–Crippen MR) is 68.4 cm³/mol. The molecule has 2 N–H and O–H groups in total. The smallest absolute Gasteiger partial charge is 0.248 e. The van der Waals surface area contributed by atoms with Crippen LogP contribution in [0, 0.1) is 23.7 Å². The zero-order valence-corrected chi connectivity index (χ0v) is 11.1. The first kappa shape index (κ1) is 12.8. The van der Waals surface area contributed by atoms with Crippen molar-refractivity contribution in [1.29, 1.82) is 0 Å². The molecule has 3 aliphatic rings. The van der Waals surface area contributed by atoms with Gasteiger partial charge < -0.3 is 5.73 Å². The Bertz CT molecular complexity index is 305. The van der Waals surface area contributed by atoms with Gasteiger partial charge in [-0.3, -0.25) is 0 Å². The largest absolute Gasteiger partial charge is 0.327 e. The normalized spacial score (nSPS) is 44.2. The minimum atomic E-state index is -2.42. The molecule has 3 heteroatoms. The molecule has 2 bridgehead atoms. The lowest BCUT2D eigenvalue weighted by Gasteiger charge is -2.34. The van der Waals surface area contributed by atoms with Gasteiger partial charge in [-0.05, 0) is 62.2 Å². The van der Waals surface area contributed by atoms with Crippen LogP contribution in [0.4, 0.5) is 8.78 Å². The van der Waals surface area contributed by atoms with Crippen molar-refractivity contribution in [2.45, 2.75) is 69.8 Å². The van der Waals surface area contributed by atoms with Crippen LogP contribution in [0.2, 0.25) is 0 Å². The van der Waals surface area contributed by atoms with Crippen molar-refractivity contribution in [3.8, 4) is 0 Å². The van der Waals surface area contributed by atoms with Gasteiger partial charge in [-0.2, -0.15) is 0 Å². The van der Waals surface area contributed by atoms with Crippen LogP contribution in [-0.4, -0.2) is 12.0 Å². The summed E-state index contributed by atoms with van der Waals surface area (Å²) in [6.45, 7) is 0. The van der Waals surface area contributed by atoms with Crippen LogP contribution in [0.1, 0.15) is 57.8 Å². The third kappa shape index (κ3) is 2.56. The van der Waals surface area contributed by atoms with Crippen molar-refractivity contribution in [2.75, 3.05) is 0 Å². The predicted octanol–water partition coefficient (Wildman–Crippen LogP) is 3.97. The zero-order chi connectivity index (χ0) is 12.8. The second-order valence-electron chi connectivity index (χ2n) is 7.06. The third-order valence-electron chi connectivity index (χ3n) is 5.69. The maximum atomic E-state index is 13.4. The first-order valence-corrected chi connectivity index (χ1v) is 7.67. The number of hydrogen-bond donors (Lipinski definition) is 1. The summed E-state index contributed by atoms with van der Waals surface area (Å²) in [6, 6.07) is 0.180. The second kappa shape index (κ2) is 4.73. The summed E-state index contributed by atoms with van der Waals surface area (Å²) in [5, 5.41) is 0. The zero-order valence-electron chi connectivity index (χ0n) is 11.1. The van der Waals surface area contributed by atoms with E-state index in [4.69, 9.17) is 5.73 Å². The fourth-order valence-corrected chi connectivity index (χ4v) is 4.86. The van der Waals surface area contributed by atoms with Crippen LogP contribution in [0.5, 0.6) is 0 Å². The summed E-state index contributed by atoms with van der Waals surface area (Å²) >= 11 is 0. The Balaban J connectivity index is 1.53. The monoisotopic (exact) mass is 257 g/mol. The number of hydrogen-bond acceptors (Lipinski definition) is 1. The molecule has 0 saturated heterocycles. The fraction of sp³-hybridized carbons (Fsp3) is 1.00. The number of alkyl halides is 2. The molecule has 104 valence electrons. The lowest BCUT2D eigenvalue weighted by atomic mass is 9.76. The highest BCUT2D eigenvalue weighted by Gasteiger charge is 2.43. The Morgan fingerprint density at radius 3 is 2.61 bits per heavy atom. The SMILES string of the molecule is NC(CC1CCCC(F)(F)C1)C1CC2CCC1C2. The molecule has 0 aromatic rings. The Hall–Kier alpha value is -0.180. The molecule has 18 heavy (non-hydrogen) atoms. The van der Waals surface area contributed by atoms with Gasteiger partial charge in [0, 0.05) is 18.9 Å². The third-order valence-corrected chi connectivity index (χ3v) is 5.69. The lowest BCUT2D eigenvalue weighted by Crippen LogP contribution is -2.37. The molecule has 5 unspecified atom stereocenters. The van der Waals surface area contributed by atoms with E-state index in [1.54, 1.807) is 0 Å². The van der Waals surface area contributed by atoms with Gasteiger partial charge in [0.05, 0.1) is 0 Å². The van der Waals surface area contributed by atoms with Crippen molar-refractivity contribution in [3.63, 3.8) is 0 Å². The van der Waals surface area contributed by atoms with Crippen molar-refractivity contribution >= 4 is 0 Å². The molecular formula is C15H25F2N. The van der Waals surface area contributed by atoms with E-state index in [1.807, 2.05) is 0 Å². The lowest BCUT2D eigenvalue weighted by molar-refractivity contribution is -0.0553. The summed E-state index contributed by atoms with van der Waals surface area (Å²) in [6.07, 6.45) is 8.01. The molecule has 3 saturated carbocycles. The molecule has 0 aromatic heterocycles. The maximum absolute atomic E-state index is 13.4. The quantitative estimate of drug-likeness (QED) is 0.813. The Morgan fingerprint density at radius 2 is 2.00 bits per heavy atom. The molecule has 0 radical (unpaired) electrons. The molecule has 3 aliphatic carbocycles. The molecule has 0 aliphatic heterocycles. The van der Waals surface area contributed by atoms with Gasteiger partial charge in [-0.15, -0.1) is 0 Å². The minimum Gasteiger partial charge on any atom is -0.327 e. The van der Waals surface area contributed by atoms with E-state index in [0.717, 1.165) is 24.7 Å². The number of fused-ring (bicyclic) bond motifs is 2. The summed E-state index contributed by atoms with van der Waals surface area (Å²) < 4.78 is 26.8. The van der Waals surface area contributed by atoms with Crippen molar-refractivity contribution in [3.05, 3.63) is 0 Å². The molecule has 0 spiro atoms. The standard InChI is InChI=1S/C15H25F2N/c16-15(17)5-1-2-11(9-15)8-14(18)13-7-10-3-4-12(13)6-10/h10-14H,1-9,18H2. The van der Waals surface area contributed by atoms with Gasteiger partial charge >= 0.3 is 0 Å². The topological polar surface area (TPSA) is 26.0 Å². The molecule has 5 atom stereocenters. The second-order valence-corrected chi connectivity index (χ2v) is 7.06. The highest BCUT2D eigenvalue weighted by molar-refractivity contribution is 4.95. The van der Waals surface area contributed by atoms with E-state index < -0.39 is 5.92 Å². The van der Waals surface area contributed by atoms with Crippen molar-refractivity contribution in [2.24, 2.45) is 29.4 Å². The van der Waals surface area contributed by atoms with Crippen LogP contribution in [-0.2, 0) is 0 Å². The molecule has 3 rings (SSSR count). The number of halogens is 2. The highest BCUT2D eigenvalue weighted by atomic mass is 19.3.